The first-order valence-electron chi connectivity index (χ1n) is 13.2. The highest BCUT2D eigenvalue weighted by atomic mass is 16.6. The van der Waals surface area contributed by atoms with Crippen LogP contribution in [0.3, 0.4) is 0 Å². The third-order valence-electron chi connectivity index (χ3n) is 7.19. The van der Waals surface area contributed by atoms with Crippen LogP contribution in [0.2, 0.25) is 0 Å². The second-order valence-corrected chi connectivity index (χ2v) is 9.74. The Balaban J connectivity index is 1.28. The number of anilines is 1. The lowest BCUT2D eigenvalue weighted by atomic mass is 9.96. The number of pyridine rings is 1. The van der Waals surface area contributed by atoms with E-state index in [9.17, 15) is 10.1 Å². The van der Waals surface area contributed by atoms with Crippen LogP contribution < -0.4 is 9.64 Å². The number of nitrogens with zero attached hydrogens (tertiary/aromatic N) is 6. The van der Waals surface area contributed by atoms with E-state index in [0.29, 0.717) is 37.4 Å². The molecule has 0 radical (unpaired) electrons. The van der Waals surface area contributed by atoms with Gasteiger partial charge in [-0.15, -0.1) is 0 Å². The second-order valence-electron chi connectivity index (χ2n) is 9.74. The van der Waals surface area contributed by atoms with Gasteiger partial charge in [0, 0.05) is 37.3 Å². The minimum atomic E-state index is -0.461. The molecule has 1 saturated heterocycles. The second kappa shape index (κ2) is 11.1. The van der Waals surface area contributed by atoms with Crippen LogP contribution in [0.4, 0.5) is 11.5 Å². The number of ether oxygens (including phenoxy) is 1. The van der Waals surface area contributed by atoms with Crippen molar-refractivity contribution in [3.8, 4) is 11.6 Å². The Morgan fingerprint density at radius 3 is 2.15 bits per heavy atom. The Bertz CT molecular complexity index is 1600. The summed E-state index contributed by atoms with van der Waals surface area (Å²) >= 11 is 0. The minimum Gasteiger partial charge on any atom is -0.431 e. The summed E-state index contributed by atoms with van der Waals surface area (Å²) in [7, 11) is 0. The fourth-order valence-electron chi connectivity index (χ4n) is 5.30. The first-order chi connectivity index (χ1) is 19.6. The Hall–Kier alpha value is -4.89. The summed E-state index contributed by atoms with van der Waals surface area (Å²) in [4.78, 5) is 29.3. The number of benzene rings is 3. The van der Waals surface area contributed by atoms with Crippen LogP contribution in [-0.2, 0) is 0 Å². The molecule has 9 heteroatoms. The summed E-state index contributed by atoms with van der Waals surface area (Å²) in [5, 5.41) is 13.2. The number of nitro groups is 1. The van der Waals surface area contributed by atoms with E-state index in [0.717, 1.165) is 11.1 Å². The first-order valence-corrected chi connectivity index (χ1v) is 13.2. The van der Waals surface area contributed by atoms with E-state index in [1.54, 1.807) is 6.07 Å². The van der Waals surface area contributed by atoms with Crippen molar-refractivity contribution in [2.45, 2.75) is 13.0 Å². The predicted octanol–water partition coefficient (Wildman–Crippen LogP) is 5.95. The molecule has 1 aliphatic rings. The van der Waals surface area contributed by atoms with Crippen LogP contribution in [0.5, 0.6) is 11.6 Å². The lowest BCUT2D eigenvalue weighted by Crippen LogP contribution is -2.48. The molecular weight excluding hydrogens is 504 g/mol. The summed E-state index contributed by atoms with van der Waals surface area (Å²) < 4.78 is 6.05. The van der Waals surface area contributed by atoms with E-state index < -0.39 is 4.92 Å². The number of fused-ring (bicyclic) bond motifs is 1. The Kier molecular flexibility index (Phi) is 7.03. The van der Waals surface area contributed by atoms with Gasteiger partial charge < -0.3 is 9.64 Å². The van der Waals surface area contributed by atoms with E-state index in [4.69, 9.17) is 4.74 Å². The van der Waals surface area contributed by atoms with Gasteiger partial charge in [-0.3, -0.25) is 15.0 Å². The fraction of sp³-hybridized carbons (Fsp3) is 0.194. The summed E-state index contributed by atoms with van der Waals surface area (Å²) in [6, 6.07) is 30.3. The van der Waals surface area contributed by atoms with Crippen molar-refractivity contribution in [3.63, 3.8) is 0 Å². The highest BCUT2D eigenvalue weighted by molar-refractivity contribution is 5.85. The predicted molar refractivity (Wildman–Crippen MR) is 154 cm³/mol. The molecular formula is C31H28N6O3. The van der Waals surface area contributed by atoms with Crippen molar-refractivity contribution >= 4 is 22.4 Å². The SMILES string of the molecule is Cc1ccc2cccc(Oc3ncnc(N4CCN(C(c5ccccc5)c5ccccc5)CC4)c3[N+](=O)[O-])c2n1. The first kappa shape index (κ1) is 25.4. The van der Waals surface area contributed by atoms with Crippen LogP contribution in [-0.4, -0.2) is 51.0 Å². The molecule has 1 aliphatic heterocycles. The number of rotatable bonds is 7. The molecule has 2 aromatic heterocycles. The van der Waals surface area contributed by atoms with Crippen LogP contribution in [0.15, 0.2) is 97.3 Å². The summed E-state index contributed by atoms with van der Waals surface area (Å²) in [5.41, 5.74) is 3.62. The number of hydrogen-bond acceptors (Lipinski definition) is 8. The normalized spacial score (nSPS) is 14.0. The van der Waals surface area contributed by atoms with Crippen molar-refractivity contribution in [2.24, 2.45) is 0 Å². The Morgan fingerprint density at radius 2 is 1.50 bits per heavy atom. The number of hydrogen-bond donors (Lipinski definition) is 0. The van der Waals surface area contributed by atoms with Crippen LogP contribution in [0.25, 0.3) is 10.9 Å². The van der Waals surface area contributed by atoms with E-state index in [-0.39, 0.29) is 23.4 Å². The number of aryl methyl sites for hydroxylation is 1. The molecule has 0 amide bonds. The van der Waals surface area contributed by atoms with Crippen LogP contribution in [0, 0.1) is 17.0 Å². The van der Waals surface area contributed by atoms with Gasteiger partial charge in [0.25, 0.3) is 0 Å². The fourth-order valence-corrected chi connectivity index (χ4v) is 5.30. The van der Waals surface area contributed by atoms with Gasteiger partial charge in [0.05, 0.1) is 11.0 Å². The summed E-state index contributed by atoms with van der Waals surface area (Å²) in [6.45, 7) is 4.45. The van der Waals surface area contributed by atoms with Crippen molar-refractivity contribution < 1.29 is 9.66 Å². The van der Waals surface area contributed by atoms with Gasteiger partial charge in [-0.25, -0.2) is 9.97 Å². The zero-order chi connectivity index (χ0) is 27.5. The lowest BCUT2D eigenvalue weighted by molar-refractivity contribution is -0.385. The summed E-state index contributed by atoms with van der Waals surface area (Å²) in [6.07, 6.45) is 1.32. The number of para-hydroxylation sites is 1. The van der Waals surface area contributed by atoms with Crippen molar-refractivity contribution in [1.82, 2.24) is 19.9 Å². The molecule has 0 atom stereocenters. The molecule has 0 aliphatic carbocycles. The molecule has 1 fully saturated rings. The van der Waals surface area contributed by atoms with Gasteiger partial charge in [-0.05, 0) is 30.2 Å². The van der Waals surface area contributed by atoms with Crippen LogP contribution in [0.1, 0.15) is 22.9 Å². The zero-order valence-corrected chi connectivity index (χ0v) is 22.1. The van der Waals surface area contributed by atoms with E-state index in [2.05, 4.69) is 68.4 Å². The highest BCUT2D eigenvalue weighted by Crippen LogP contribution is 2.39. The molecule has 3 aromatic carbocycles. The van der Waals surface area contributed by atoms with Gasteiger partial charge >= 0.3 is 11.6 Å². The minimum absolute atomic E-state index is 0.0890. The van der Waals surface area contributed by atoms with Gasteiger partial charge in [0.1, 0.15) is 11.8 Å². The van der Waals surface area contributed by atoms with Crippen molar-refractivity contribution in [1.29, 1.82) is 0 Å². The third-order valence-corrected chi connectivity index (χ3v) is 7.19. The molecule has 9 nitrogen and oxygen atoms in total. The molecule has 200 valence electrons. The molecule has 3 heterocycles. The lowest BCUT2D eigenvalue weighted by Gasteiger charge is -2.40. The zero-order valence-electron chi connectivity index (χ0n) is 22.1. The summed E-state index contributed by atoms with van der Waals surface area (Å²) in [5.74, 6) is 0.571. The third kappa shape index (κ3) is 5.06. The maximum absolute atomic E-state index is 12.3. The Labute approximate surface area is 231 Å². The molecule has 0 unspecified atom stereocenters. The van der Waals surface area contributed by atoms with Gasteiger partial charge in [-0.2, -0.15) is 4.98 Å². The standard InChI is InChI=1S/C31H28N6O3/c1-22-15-16-23-13-8-14-26(27(23)34-22)40-31-29(37(38)39)30(32-21-33-31)36-19-17-35(18-20-36)28(24-9-4-2-5-10-24)25-11-6-3-7-12-25/h2-16,21,28H,17-20H2,1H3. The van der Waals surface area contributed by atoms with Gasteiger partial charge in [-0.1, -0.05) is 78.9 Å². The molecule has 6 rings (SSSR count). The largest absolute Gasteiger partial charge is 0.431 e. The van der Waals surface area contributed by atoms with E-state index >= 15 is 0 Å². The van der Waals surface area contributed by atoms with Crippen molar-refractivity contribution in [2.75, 3.05) is 31.1 Å². The monoisotopic (exact) mass is 532 g/mol. The molecule has 0 bridgehead atoms. The molecule has 0 N–H and O–H groups in total. The molecule has 0 spiro atoms. The van der Waals surface area contributed by atoms with Gasteiger partial charge in [0.2, 0.25) is 5.82 Å². The number of aromatic nitrogens is 3. The van der Waals surface area contributed by atoms with Crippen LogP contribution >= 0.6 is 0 Å². The highest BCUT2D eigenvalue weighted by Gasteiger charge is 2.33. The smallest absolute Gasteiger partial charge is 0.373 e. The molecule has 5 aromatic rings. The quantitative estimate of drug-likeness (QED) is 0.188. The molecule has 0 saturated carbocycles. The Morgan fingerprint density at radius 1 is 0.825 bits per heavy atom. The average Bonchev–Trinajstić information content (AvgIpc) is 2.99. The van der Waals surface area contributed by atoms with E-state index in [1.165, 1.54) is 17.5 Å². The maximum Gasteiger partial charge on any atom is 0.373 e. The average molecular weight is 533 g/mol. The topological polar surface area (TPSA) is 97.5 Å². The van der Waals surface area contributed by atoms with E-state index in [1.807, 2.05) is 48.2 Å². The maximum atomic E-state index is 12.3. The number of piperazine rings is 1. The molecule has 40 heavy (non-hydrogen) atoms. The van der Waals surface area contributed by atoms with Gasteiger partial charge in [0.15, 0.2) is 5.75 Å². The van der Waals surface area contributed by atoms with Crippen molar-refractivity contribution in [3.05, 3.63) is 124 Å².